The van der Waals surface area contributed by atoms with E-state index in [4.69, 9.17) is 14.2 Å². The first kappa shape index (κ1) is 21.0. The van der Waals surface area contributed by atoms with Gasteiger partial charge in [0.05, 0.1) is 47.9 Å². The fourth-order valence-electron chi connectivity index (χ4n) is 4.41. The number of benzene rings is 1. The second kappa shape index (κ2) is 8.60. The van der Waals surface area contributed by atoms with Gasteiger partial charge in [-0.15, -0.1) is 0 Å². The molecule has 168 valence electrons. The summed E-state index contributed by atoms with van der Waals surface area (Å²) in [6.07, 6.45) is 3.54. The third-order valence-electron chi connectivity index (χ3n) is 5.87. The lowest BCUT2D eigenvalue weighted by molar-refractivity contribution is -0.120. The fraction of sp³-hybridized carbons (Fsp3) is 0.391. The number of nitrogens with zero attached hydrogens (tertiary/aromatic N) is 6. The topological polar surface area (TPSA) is 132 Å². The normalized spacial score (nSPS) is 18.5. The number of amides is 1. The van der Waals surface area contributed by atoms with Crippen LogP contribution in [0.3, 0.4) is 0 Å². The van der Waals surface area contributed by atoms with Gasteiger partial charge in [-0.2, -0.15) is 10.2 Å². The minimum atomic E-state index is -0.197. The number of hydrogen-bond acceptors (Lipinski definition) is 8. The first-order chi connectivity index (χ1) is 16.0. The Kier molecular flexibility index (Phi) is 5.48. The summed E-state index contributed by atoms with van der Waals surface area (Å²) in [5, 5.41) is 16.8. The third-order valence-corrected chi connectivity index (χ3v) is 5.87. The zero-order valence-corrected chi connectivity index (χ0v) is 18.4. The maximum absolute atomic E-state index is 12.8. The Morgan fingerprint density at radius 2 is 2.21 bits per heavy atom. The Labute approximate surface area is 189 Å². The van der Waals surface area contributed by atoms with Crippen LogP contribution in [0, 0.1) is 18.3 Å². The van der Waals surface area contributed by atoms with Crippen molar-refractivity contribution < 1.29 is 14.1 Å². The van der Waals surface area contributed by atoms with Crippen LogP contribution in [0.1, 0.15) is 48.9 Å². The molecule has 1 aliphatic rings. The molecule has 1 amide bonds. The number of nitrogens with one attached hydrogen (secondary N) is 1. The van der Waals surface area contributed by atoms with E-state index >= 15 is 0 Å². The van der Waals surface area contributed by atoms with Crippen molar-refractivity contribution in [2.75, 3.05) is 6.61 Å². The minimum absolute atomic E-state index is 0.0902. The van der Waals surface area contributed by atoms with Crippen LogP contribution in [0.25, 0.3) is 21.9 Å². The number of ether oxygens (including phenoxy) is 1. The van der Waals surface area contributed by atoms with Crippen molar-refractivity contribution in [3.63, 3.8) is 0 Å². The number of hydrogen-bond donors (Lipinski definition) is 1. The largest absolute Gasteiger partial charge is 0.378 e. The molecule has 1 aromatic carbocycles. The van der Waals surface area contributed by atoms with Crippen molar-refractivity contribution >= 4 is 27.8 Å². The van der Waals surface area contributed by atoms with E-state index in [1.165, 1.54) is 0 Å². The van der Waals surface area contributed by atoms with Crippen LogP contribution < -0.4 is 5.32 Å². The predicted octanol–water partition coefficient (Wildman–Crippen LogP) is 2.75. The monoisotopic (exact) mass is 445 g/mol. The molecule has 4 aromatic rings. The van der Waals surface area contributed by atoms with Gasteiger partial charge < -0.3 is 19.1 Å². The maximum Gasteiger partial charge on any atom is 0.246 e. The average molecular weight is 445 g/mol. The number of carbonyl (C=O) groups excluding carboxylic acids is 1. The molecule has 0 saturated carbocycles. The molecule has 1 fully saturated rings. The fourth-order valence-corrected chi connectivity index (χ4v) is 4.41. The SMILES string of the molecule is Cc1noc(CNC(=O)Cc2nc3cnc4ccc(C#N)cc4c3n2[C@@H]2CCO[C@H](C)C2)n1. The molecule has 10 nitrogen and oxygen atoms in total. The van der Waals surface area contributed by atoms with Crippen LogP contribution in [0.15, 0.2) is 28.9 Å². The van der Waals surface area contributed by atoms with Gasteiger partial charge in [-0.25, -0.2) is 4.98 Å². The van der Waals surface area contributed by atoms with E-state index in [-0.39, 0.29) is 31.0 Å². The number of nitriles is 1. The van der Waals surface area contributed by atoms with Crippen LogP contribution in [0.5, 0.6) is 0 Å². The maximum atomic E-state index is 12.8. The van der Waals surface area contributed by atoms with E-state index in [1.54, 1.807) is 19.2 Å². The number of rotatable bonds is 5. The van der Waals surface area contributed by atoms with Gasteiger partial charge in [0.2, 0.25) is 11.8 Å². The molecular formula is C23H23N7O3. The Balaban J connectivity index is 1.55. The predicted molar refractivity (Wildman–Crippen MR) is 118 cm³/mol. The molecule has 2 atom stereocenters. The van der Waals surface area contributed by atoms with Gasteiger partial charge in [0.15, 0.2) is 5.82 Å². The lowest BCUT2D eigenvalue weighted by Crippen LogP contribution is -2.29. The second-order valence-corrected chi connectivity index (χ2v) is 8.28. The van der Waals surface area contributed by atoms with Crippen molar-refractivity contribution in [3.05, 3.63) is 47.5 Å². The van der Waals surface area contributed by atoms with Gasteiger partial charge in [-0.1, -0.05) is 5.16 Å². The summed E-state index contributed by atoms with van der Waals surface area (Å²) in [6.45, 7) is 4.57. The first-order valence-corrected chi connectivity index (χ1v) is 10.9. The van der Waals surface area contributed by atoms with Crippen molar-refractivity contribution in [2.45, 2.75) is 51.8 Å². The van der Waals surface area contributed by atoms with Gasteiger partial charge in [0.25, 0.3) is 0 Å². The lowest BCUT2D eigenvalue weighted by Gasteiger charge is -2.30. The molecule has 1 saturated heterocycles. The molecule has 4 heterocycles. The molecule has 1 N–H and O–H groups in total. The molecule has 0 bridgehead atoms. The van der Waals surface area contributed by atoms with E-state index in [9.17, 15) is 10.1 Å². The molecule has 33 heavy (non-hydrogen) atoms. The molecule has 0 aliphatic carbocycles. The Hall–Kier alpha value is -3.84. The Morgan fingerprint density at radius 1 is 1.33 bits per heavy atom. The van der Waals surface area contributed by atoms with Gasteiger partial charge in [-0.3, -0.25) is 9.78 Å². The smallest absolute Gasteiger partial charge is 0.246 e. The summed E-state index contributed by atoms with van der Waals surface area (Å²) in [5.41, 5.74) is 2.93. The number of imidazole rings is 1. The molecular weight excluding hydrogens is 422 g/mol. The van der Waals surface area contributed by atoms with Crippen LogP contribution >= 0.6 is 0 Å². The number of fused-ring (bicyclic) bond motifs is 3. The highest BCUT2D eigenvalue weighted by Gasteiger charge is 2.27. The molecule has 3 aromatic heterocycles. The highest BCUT2D eigenvalue weighted by atomic mass is 16.5. The van der Waals surface area contributed by atoms with E-state index < -0.39 is 0 Å². The molecule has 0 radical (unpaired) electrons. The van der Waals surface area contributed by atoms with Crippen molar-refractivity contribution in [3.8, 4) is 6.07 Å². The molecule has 0 unspecified atom stereocenters. The highest BCUT2D eigenvalue weighted by molar-refractivity contribution is 6.03. The Morgan fingerprint density at radius 3 is 2.97 bits per heavy atom. The summed E-state index contributed by atoms with van der Waals surface area (Å²) >= 11 is 0. The molecule has 10 heteroatoms. The first-order valence-electron chi connectivity index (χ1n) is 10.9. The quantitative estimate of drug-likeness (QED) is 0.496. The number of aryl methyl sites for hydroxylation is 1. The van der Waals surface area contributed by atoms with Crippen molar-refractivity contribution in [1.82, 2.24) is 30.0 Å². The summed E-state index contributed by atoms with van der Waals surface area (Å²) in [5.74, 6) is 1.33. The number of pyridine rings is 1. The lowest BCUT2D eigenvalue weighted by atomic mass is 10.0. The second-order valence-electron chi connectivity index (χ2n) is 8.28. The van der Waals surface area contributed by atoms with Crippen molar-refractivity contribution in [1.29, 1.82) is 5.26 Å². The zero-order chi connectivity index (χ0) is 22.9. The van der Waals surface area contributed by atoms with Crippen molar-refractivity contribution in [2.24, 2.45) is 0 Å². The summed E-state index contributed by atoms with van der Waals surface area (Å²) in [7, 11) is 0. The van der Waals surface area contributed by atoms with E-state index in [0.717, 1.165) is 29.3 Å². The number of aromatic nitrogens is 5. The van der Waals surface area contributed by atoms with Crippen LogP contribution in [-0.2, 0) is 22.5 Å². The summed E-state index contributed by atoms with van der Waals surface area (Å²) in [6, 6.07) is 7.76. The van der Waals surface area contributed by atoms with Gasteiger partial charge in [-0.05, 0) is 44.9 Å². The number of carbonyl (C=O) groups is 1. The van der Waals surface area contributed by atoms with Crippen LogP contribution in [0.2, 0.25) is 0 Å². The summed E-state index contributed by atoms with van der Waals surface area (Å²) in [4.78, 5) is 26.2. The van der Waals surface area contributed by atoms with E-state index in [0.29, 0.717) is 35.2 Å². The third kappa shape index (κ3) is 4.15. The standard InChI is InChI=1S/C23H23N7O3/c1-13-7-16(5-6-32-13)30-20(9-21(31)26-12-22-27-14(2)29-33-22)28-19-11-25-18-4-3-15(10-24)8-17(18)23(19)30/h3-4,8,11,13,16H,5-7,9,12H2,1-2H3,(H,26,31)/t13-,16-/m1/s1. The molecule has 0 spiro atoms. The van der Waals surface area contributed by atoms with Gasteiger partial charge in [0, 0.05) is 18.0 Å². The van der Waals surface area contributed by atoms with Gasteiger partial charge in [0.1, 0.15) is 11.3 Å². The van der Waals surface area contributed by atoms with E-state index in [1.807, 2.05) is 12.1 Å². The average Bonchev–Trinajstić information content (AvgIpc) is 3.40. The molecule has 5 rings (SSSR count). The highest BCUT2D eigenvalue weighted by Crippen LogP contribution is 2.34. The van der Waals surface area contributed by atoms with Crippen LogP contribution in [-0.4, -0.2) is 43.3 Å². The zero-order valence-electron chi connectivity index (χ0n) is 18.4. The van der Waals surface area contributed by atoms with E-state index in [2.05, 4.69) is 38.0 Å². The van der Waals surface area contributed by atoms with Gasteiger partial charge >= 0.3 is 0 Å². The van der Waals surface area contributed by atoms with Crippen LogP contribution in [0.4, 0.5) is 0 Å². The molecule has 1 aliphatic heterocycles. The Bertz CT molecular complexity index is 1380. The minimum Gasteiger partial charge on any atom is -0.378 e. The summed E-state index contributed by atoms with van der Waals surface area (Å²) < 4.78 is 13.0.